The van der Waals surface area contributed by atoms with Crippen LogP contribution in [0.3, 0.4) is 0 Å². The Labute approximate surface area is 127 Å². The van der Waals surface area contributed by atoms with Crippen LogP contribution in [-0.2, 0) is 0 Å². The highest BCUT2D eigenvalue weighted by Gasteiger charge is 1.95. The van der Waals surface area contributed by atoms with Crippen molar-refractivity contribution in [2.45, 2.75) is 32.6 Å². The van der Waals surface area contributed by atoms with Crippen molar-refractivity contribution in [3.63, 3.8) is 0 Å². The third-order valence-electron chi connectivity index (χ3n) is 3.27. The Morgan fingerprint density at radius 1 is 0.905 bits per heavy atom. The van der Waals surface area contributed by atoms with Gasteiger partial charge in [-0.3, -0.25) is 4.99 Å². The van der Waals surface area contributed by atoms with Crippen LogP contribution in [0.4, 0.5) is 5.69 Å². The molecular weight excluding hydrogens is 258 g/mol. The molecule has 0 saturated heterocycles. The standard InChI is InChI=1S/C19H23NO/c1-2-3-4-8-15-21-19-13-11-18(12-14-19)20-16-17-9-6-5-7-10-17/h5-7,9-14,16H,2-4,8,15H2,1H3. The fourth-order valence-corrected chi connectivity index (χ4v) is 2.04. The molecule has 0 heterocycles. The zero-order chi connectivity index (χ0) is 14.8. The molecule has 0 spiro atoms. The van der Waals surface area contributed by atoms with Gasteiger partial charge in [-0.25, -0.2) is 0 Å². The van der Waals surface area contributed by atoms with E-state index in [9.17, 15) is 0 Å². The van der Waals surface area contributed by atoms with Crippen LogP contribution in [0.15, 0.2) is 59.6 Å². The Hall–Kier alpha value is -2.09. The molecule has 110 valence electrons. The van der Waals surface area contributed by atoms with Crippen molar-refractivity contribution >= 4 is 11.9 Å². The van der Waals surface area contributed by atoms with E-state index in [0.29, 0.717) is 0 Å². The second-order valence-corrected chi connectivity index (χ2v) is 5.07. The number of rotatable bonds is 8. The lowest BCUT2D eigenvalue weighted by atomic mass is 10.2. The fourth-order valence-electron chi connectivity index (χ4n) is 2.04. The van der Waals surface area contributed by atoms with E-state index in [4.69, 9.17) is 4.74 Å². The number of hydrogen-bond acceptors (Lipinski definition) is 2. The monoisotopic (exact) mass is 281 g/mol. The molecule has 0 unspecified atom stereocenters. The van der Waals surface area contributed by atoms with Gasteiger partial charge >= 0.3 is 0 Å². The fraction of sp³-hybridized carbons (Fsp3) is 0.316. The number of benzene rings is 2. The van der Waals surface area contributed by atoms with Crippen molar-refractivity contribution < 1.29 is 4.74 Å². The van der Waals surface area contributed by atoms with E-state index in [0.717, 1.165) is 30.0 Å². The topological polar surface area (TPSA) is 21.6 Å². The van der Waals surface area contributed by atoms with Gasteiger partial charge in [0.2, 0.25) is 0 Å². The van der Waals surface area contributed by atoms with E-state index in [1.54, 1.807) is 0 Å². The molecule has 0 aliphatic carbocycles. The summed E-state index contributed by atoms with van der Waals surface area (Å²) in [6, 6.07) is 18.0. The molecule has 0 N–H and O–H groups in total. The summed E-state index contributed by atoms with van der Waals surface area (Å²) in [5.41, 5.74) is 2.05. The van der Waals surface area contributed by atoms with Gasteiger partial charge in [-0.05, 0) is 36.2 Å². The second-order valence-electron chi connectivity index (χ2n) is 5.07. The van der Waals surface area contributed by atoms with Crippen LogP contribution in [-0.4, -0.2) is 12.8 Å². The van der Waals surface area contributed by atoms with Gasteiger partial charge in [-0.1, -0.05) is 56.5 Å². The Morgan fingerprint density at radius 2 is 1.67 bits per heavy atom. The number of ether oxygens (including phenoxy) is 1. The minimum absolute atomic E-state index is 0.798. The molecule has 2 aromatic rings. The molecule has 0 saturated carbocycles. The van der Waals surface area contributed by atoms with Crippen LogP contribution in [0.2, 0.25) is 0 Å². The lowest BCUT2D eigenvalue weighted by Crippen LogP contribution is -1.96. The van der Waals surface area contributed by atoms with Crippen molar-refractivity contribution in [2.75, 3.05) is 6.61 Å². The molecule has 0 aliphatic heterocycles. The molecule has 0 atom stereocenters. The van der Waals surface area contributed by atoms with Gasteiger partial charge in [0, 0.05) is 6.21 Å². The highest BCUT2D eigenvalue weighted by atomic mass is 16.5. The Morgan fingerprint density at radius 3 is 2.38 bits per heavy atom. The van der Waals surface area contributed by atoms with Crippen molar-refractivity contribution in [2.24, 2.45) is 4.99 Å². The molecule has 0 aromatic heterocycles. The van der Waals surface area contributed by atoms with Crippen LogP contribution >= 0.6 is 0 Å². The maximum Gasteiger partial charge on any atom is 0.119 e. The van der Waals surface area contributed by atoms with Gasteiger partial charge in [-0.15, -0.1) is 0 Å². The molecule has 2 nitrogen and oxygen atoms in total. The van der Waals surface area contributed by atoms with E-state index in [1.165, 1.54) is 19.3 Å². The van der Waals surface area contributed by atoms with E-state index >= 15 is 0 Å². The first-order valence-electron chi connectivity index (χ1n) is 7.70. The third-order valence-corrected chi connectivity index (χ3v) is 3.27. The first kappa shape index (κ1) is 15.3. The maximum absolute atomic E-state index is 5.72. The Bertz CT molecular complexity index is 531. The van der Waals surface area contributed by atoms with Crippen LogP contribution in [0.25, 0.3) is 0 Å². The van der Waals surface area contributed by atoms with Crippen LogP contribution < -0.4 is 4.74 Å². The quantitative estimate of drug-likeness (QED) is 0.469. The maximum atomic E-state index is 5.72. The van der Waals surface area contributed by atoms with Gasteiger partial charge in [0.15, 0.2) is 0 Å². The van der Waals surface area contributed by atoms with E-state index in [-0.39, 0.29) is 0 Å². The summed E-state index contributed by atoms with van der Waals surface area (Å²) in [5.74, 6) is 0.921. The molecule has 21 heavy (non-hydrogen) atoms. The van der Waals surface area contributed by atoms with Gasteiger partial charge in [0.25, 0.3) is 0 Å². The predicted octanol–water partition coefficient (Wildman–Crippen LogP) is 5.40. The average Bonchev–Trinajstić information content (AvgIpc) is 2.55. The SMILES string of the molecule is CCCCCCOc1ccc(N=Cc2ccccc2)cc1. The average molecular weight is 281 g/mol. The van der Waals surface area contributed by atoms with Gasteiger partial charge in [-0.2, -0.15) is 0 Å². The first-order valence-corrected chi connectivity index (χ1v) is 7.70. The molecule has 0 aliphatic rings. The van der Waals surface area contributed by atoms with Crippen molar-refractivity contribution in [1.82, 2.24) is 0 Å². The third kappa shape index (κ3) is 5.82. The van der Waals surface area contributed by atoms with Gasteiger partial charge < -0.3 is 4.74 Å². The summed E-state index contributed by atoms with van der Waals surface area (Å²) in [6.45, 7) is 3.02. The minimum atomic E-state index is 0.798. The minimum Gasteiger partial charge on any atom is -0.494 e. The lowest BCUT2D eigenvalue weighted by molar-refractivity contribution is 0.305. The smallest absolute Gasteiger partial charge is 0.119 e. The van der Waals surface area contributed by atoms with Gasteiger partial charge in [0.1, 0.15) is 5.75 Å². The van der Waals surface area contributed by atoms with Gasteiger partial charge in [0.05, 0.1) is 12.3 Å². The van der Waals surface area contributed by atoms with Crippen molar-refractivity contribution in [1.29, 1.82) is 0 Å². The zero-order valence-electron chi connectivity index (χ0n) is 12.7. The van der Waals surface area contributed by atoms with Crippen LogP contribution in [0, 0.1) is 0 Å². The lowest BCUT2D eigenvalue weighted by Gasteiger charge is -2.05. The number of nitrogens with zero attached hydrogens (tertiary/aromatic N) is 1. The number of unbranched alkanes of at least 4 members (excludes halogenated alkanes) is 3. The second kappa shape index (κ2) is 8.96. The van der Waals surface area contributed by atoms with E-state index in [2.05, 4.69) is 11.9 Å². The zero-order valence-corrected chi connectivity index (χ0v) is 12.7. The molecule has 2 heteroatoms. The summed E-state index contributed by atoms with van der Waals surface area (Å²) in [4.78, 5) is 4.46. The largest absolute Gasteiger partial charge is 0.494 e. The van der Waals surface area contributed by atoms with E-state index in [1.807, 2.05) is 60.8 Å². The summed E-state index contributed by atoms with van der Waals surface area (Å²) >= 11 is 0. The molecule has 2 aromatic carbocycles. The molecule has 0 radical (unpaired) electrons. The van der Waals surface area contributed by atoms with E-state index < -0.39 is 0 Å². The van der Waals surface area contributed by atoms with Crippen LogP contribution in [0.1, 0.15) is 38.2 Å². The molecule has 0 amide bonds. The number of aliphatic imine (C=N–C) groups is 1. The summed E-state index contributed by atoms with van der Waals surface area (Å²) in [5, 5.41) is 0. The summed E-state index contributed by atoms with van der Waals surface area (Å²) < 4.78 is 5.72. The Kier molecular flexibility index (Phi) is 6.53. The van der Waals surface area contributed by atoms with Crippen molar-refractivity contribution in [3.05, 3.63) is 60.2 Å². The Balaban J connectivity index is 1.80. The molecule has 2 rings (SSSR count). The first-order chi connectivity index (χ1) is 10.4. The van der Waals surface area contributed by atoms with Crippen LogP contribution in [0.5, 0.6) is 5.75 Å². The highest BCUT2D eigenvalue weighted by Crippen LogP contribution is 2.18. The van der Waals surface area contributed by atoms with Crippen molar-refractivity contribution in [3.8, 4) is 5.75 Å². The molecule has 0 bridgehead atoms. The normalized spacial score (nSPS) is 10.9. The highest BCUT2D eigenvalue weighted by molar-refractivity contribution is 5.81. The molecular formula is C19H23NO. The summed E-state index contributed by atoms with van der Waals surface area (Å²) in [6.07, 6.45) is 6.79. The molecule has 0 fully saturated rings. The summed E-state index contributed by atoms with van der Waals surface area (Å²) in [7, 11) is 0. The predicted molar refractivity (Wildman–Crippen MR) is 89.8 cm³/mol. The number of hydrogen-bond donors (Lipinski definition) is 0.